The number of allylic oxidation sites excluding steroid dienone is 3. The Bertz CT molecular complexity index is 2750. The molecule has 464 valence electrons. The molecule has 4 bridgehead atoms. The van der Waals surface area contributed by atoms with Crippen LogP contribution in [0.25, 0.3) is 0 Å². The van der Waals surface area contributed by atoms with Crippen LogP contribution in [0.5, 0.6) is 5.75 Å². The first-order valence-electron chi connectivity index (χ1n) is 29.1. The van der Waals surface area contributed by atoms with Crippen LogP contribution in [0.2, 0.25) is 10.0 Å². The fourth-order valence-electron chi connectivity index (χ4n) is 11.0. The number of anilines is 2. The lowest BCUT2D eigenvalue weighted by Crippen LogP contribution is -2.53. The van der Waals surface area contributed by atoms with Crippen LogP contribution in [0.15, 0.2) is 54.1 Å². The summed E-state index contributed by atoms with van der Waals surface area (Å²) in [6.07, 6.45) is 3.58. The number of unbranched alkanes of at least 4 members (excludes halogenated alkanes) is 1. The minimum Gasteiger partial charge on any atom is -0.495 e. The van der Waals surface area contributed by atoms with Crippen LogP contribution in [0.1, 0.15) is 144 Å². The number of urea groups is 1. The van der Waals surface area contributed by atoms with Gasteiger partial charge in [0.1, 0.15) is 46.1 Å². The SMILES string of the molecule is CCC(CC)C(=O)OC(C)CCCCC(=O)C[C@H](C(=O)N[C@@H](CCCNC(N)=O)C(=O)Cc1ccc(NC(=O)O[C@H]2CC(=O)N(C)c3cc(cc(OC)c3Cl)C/C(C)=C/C=C/[C@@H](OC)[C@]3(O)CC(=O)O[C@@H](C3)[C@@H](C)[C@@H]3O[C@@]23C)c(Cl)c1)C(C)C. The number of ether oxygens (including phenoxy) is 6. The molecule has 2 fully saturated rings. The number of aliphatic hydroxyl groups is 1. The number of nitrogens with zero attached hydrogens (tertiary/aromatic N) is 1. The molecule has 3 aliphatic rings. The van der Waals surface area contributed by atoms with Crippen molar-refractivity contribution in [2.45, 2.75) is 193 Å². The molecule has 0 spiro atoms. The lowest BCUT2D eigenvalue weighted by Gasteiger charge is -2.41. The Labute approximate surface area is 503 Å². The van der Waals surface area contributed by atoms with E-state index in [1.807, 2.05) is 47.6 Å². The van der Waals surface area contributed by atoms with E-state index in [4.69, 9.17) is 57.4 Å². The summed E-state index contributed by atoms with van der Waals surface area (Å²) < 4.78 is 35.2. The number of amides is 5. The number of hydrogen-bond acceptors (Lipinski definition) is 15. The first kappa shape index (κ1) is 68.7. The predicted molar refractivity (Wildman–Crippen MR) is 319 cm³/mol. The topological polar surface area (TPSA) is 281 Å². The van der Waals surface area contributed by atoms with Crippen molar-refractivity contribution < 1.29 is 71.9 Å². The summed E-state index contributed by atoms with van der Waals surface area (Å²) in [5, 5.41) is 20.2. The number of epoxide rings is 1. The number of benzene rings is 2. The van der Waals surface area contributed by atoms with Crippen molar-refractivity contribution in [1.29, 1.82) is 0 Å². The van der Waals surface area contributed by atoms with Gasteiger partial charge in [0.25, 0.3) is 0 Å². The van der Waals surface area contributed by atoms with Crippen LogP contribution in [0, 0.1) is 23.7 Å². The Morgan fingerprint density at radius 3 is 2.35 bits per heavy atom. The second-order valence-electron chi connectivity index (χ2n) is 23.2. The van der Waals surface area contributed by atoms with E-state index in [1.54, 1.807) is 51.2 Å². The number of esters is 2. The number of carbonyl (C=O) groups is 8. The Balaban J connectivity index is 1.32. The van der Waals surface area contributed by atoms with Gasteiger partial charge in [-0.15, -0.1) is 0 Å². The number of rotatable bonds is 25. The van der Waals surface area contributed by atoms with Gasteiger partial charge in [-0.25, -0.2) is 9.59 Å². The number of nitrogens with one attached hydrogen (secondary N) is 3. The maximum atomic E-state index is 14.4. The molecular formula is C62H87Cl2N5O15. The number of primary amides is 1. The summed E-state index contributed by atoms with van der Waals surface area (Å²) in [4.78, 5) is 108. The molecule has 84 heavy (non-hydrogen) atoms. The third-order valence-corrected chi connectivity index (χ3v) is 17.0. The molecule has 10 atom stereocenters. The van der Waals surface area contributed by atoms with Gasteiger partial charge in [-0.3, -0.25) is 34.1 Å². The van der Waals surface area contributed by atoms with Gasteiger partial charge in [-0.05, 0) is 113 Å². The fraction of sp³-hybridized carbons (Fsp3) is 0.613. The van der Waals surface area contributed by atoms with Crippen molar-refractivity contribution in [3.05, 3.63) is 75.3 Å². The first-order chi connectivity index (χ1) is 39.7. The summed E-state index contributed by atoms with van der Waals surface area (Å²) in [7, 11) is 4.45. The number of fused-ring (bicyclic) bond motifs is 5. The molecule has 5 amide bonds. The molecule has 6 N–H and O–H groups in total. The standard InChI is InChI=1S/C62H87Cl2N5O15/c1-12-41(13-2)58(75)81-37(6)19-14-15-20-42(70)31-43(35(3)4)57(74)67-46(21-17-25-66-59(65)76)48(71)29-39-23-24-45(44(63)27-39)68-60(77)83-52-32-53(72)69(9)47-28-40(30-49(79-10)55(47)64)26-36(5)18-16-22-51(80-11)62(78)33-50(82-54(73)34-62)38(7)56-61(52,8)84-56/h16,18,22-24,27-28,30,35,37-38,41,43,46,50-52,56,78H,12-15,17,19-21,25-26,29,31-34H2,1-11H3,(H,67,74)(H,68,77)(H3,65,66,76)/b22-16+,36-18+/t37?,38-,43+,46+,50+,51-,52+,56+,61+,62-/m1/s1. The molecule has 3 aliphatic heterocycles. The number of carbonyl (C=O) groups excluding carboxylic acids is 8. The van der Waals surface area contributed by atoms with Crippen molar-refractivity contribution in [2.24, 2.45) is 29.4 Å². The van der Waals surface area contributed by atoms with Gasteiger partial charge < -0.3 is 54.8 Å². The molecule has 0 radical (unpaired) electrons. The molecule has 20 nitrogen and oxygen atoms in total. The van der Waals surface area contributed by atoms with Crippen molar-refractivity contribution in [1.82, 2.24) is 10.6 Å². The normalized spacial score (nSPS) is 24.7. The minimum absolute atomic E-state index is 0.00702. The third kappa shape index (κ3) is 19.0. The van der Waals surface area contributed by atoms with E-state index >= 15 is 0 Å². The van der Waals surface area contributed by atoms with Gasteiger partial charge >= 0.3 is 24.1 Å². The molecule has 0 saturated carbocycles. The summed E-state index contributed by atoms with van der Waals surface area (Å²) in [5.74, 6) is -3.69. The minimum atomic E-state index is -1.65. The number of hydrogen-bond donors (Lipinski definition) is 5. The number of ketones is 2. The highest BCUT2D eigenvalue weighted by Gasteiger charge is 2.64. The van der Waals surface area contributed by atoms with Crippen LogP contribution in [0.4, 0.5) is 21.0 Å². The Morgan fingerprint density at radius 1 is 0.988 bits per heavy atom. The van der Waals surface area contributed by atoms with Crippen molar-refractivity contribution in [3.63, 3.8) is 0 Å². The zero-order valence-electron chi connectivity index (χ0n) is 50.4. The van der Waals surface area contributed by atoms with Crippen LogP contribution < -0.4 is 31.3 Å². The predicted octanol–water partition coefficient (Wildman–Crippen LogP) is 9.48. The second-order valence-corrected chi connectivity index (χ2v) is 24.0. The number of nitrogens with two attached hydrogens (primary N) is 1. The average Bonchev–Trinajstić information content (AvgIpc) is 1.67. The van der Waals surface area contributed by atoms with Gasteiger partial charge in [0.05, 0.1) is 60.5 Å². The van der Waals surface area contributed by atoms with Gasteiger partial charge in [0, 0.05) is 58.2 Å². The monoisotopic (exact) mass is 1210 g/mol. The summed E-state index contributed by atoms with van der Waals surface area (Å²) in [5.41, 5.74) is 4.85. The number of Topliss-reactive ketones (excluding diaryl/α,β-unsaturated/α-hetero) is 2. The Morgan fingerprint density at radius 2 is 1.70 bits per heavy atom. The zero-order valence-corrected chi connectivity index (χ0v) is 52.0. The van der Waals surface area contributed by atoms with E-state index in [9.17, 15) is 43.5 Å². The zero-order chi connectivity index (χ0) is 62.2. The van der Waals surface area contributed by atoms with Crippen molar-refractivity contribution >= 4 is 82.0 Å². The molecule has 2 aromatic carbocycles. The summed E-state index contributed by atoms with van der Waals surface area (Å²) >= 11 is 13.6. The largest absolute Gasteiger partial charge is 0.495 e. The maximum absolute atomic E-state index is 14.4. The van der Waals surface area contributed by atoms with Gasteiger partial charge in [-0.2, -0.15) is 0 Å². The number of halogens is 2. The molecule has 1 unspecified atom stereocenters. The quantitative estimate of drug-likeness (QED) is 0.0268. The lowest BCUT2D eigenvalue weighted by atomic mass is 9.78. The highest BCUT2D eigenvalue weighted by molar-refractivity contribution is 6.35. The van der Waals surface area contributed by atoms with E-state index in [2.05, 4.69) is 16.0 Å². The number of methoxy groups -OCH3 is 2. The molecule has 3 heterocycles. The average molecular weight is 1210 g/mol. The third-order valence-electron chi connectivity index (χ3n) is 16.3. The molecule has 5 rings (SSSR count). The van der Waals surface area contributed by atoms with E-state index in [0.717, 1.165) is 11.1 Å². The molecular weight excluding hydrogens is 1130 g/mol. The molecule has 2 aromatic rings. The smallest absolute Gasteiger partial charge is 0.412 e. The van der Waals surface area contributed by atoms with E-state index in [-0.39, 0.29) is 103 Å². The van der Waals surface area contributed by atoms with E-state index < -0.39 is 89.8 Å². The Kier molecular flexibility index (Phi) is 25.7. The van der Waals surface area contributed by atoms with Crippen LogP contribution >= 0.6 is 23.2 Å². The molecule has 0 aliphatic carbocycles. The second kappa shape index (κ2) is 31.4. The highest BCUT2D eigenvalue weighted by atomic mass is 35.5. The summed E-state index contributed by atoms with van der Waals surface area (Å²) in [6, 6.07) is 6.30. The summed E-state index contributed by atoms with van der Waals surface area (Å²) in [6.45, 7) is 14.9. The lowest BCUT2D eigenvalue weighted by molar-refractivity contribution is -0.187. The van der Waals surface area contributed by atoms with Gasteiger partial charge in [-0.1, -0.05) is 87.7 Å². The van der Waals surface area contributed by atoms with E-state index in [0.29, 0.717) is 55.5 Å². The van der Waals surface area contributed by atoms with Crippen molar-refractivity contribution in [2.75, 3.05) is 38.0 Å². The maximum Gasteiger partial charge on any atom is 0.412 e. The Hall–Kier alpha value is -6.06. The highest BCUT2D eigenvalue weighted by Crippen LogP contribution is 2.50. The molecule has 2 saturated heterocycles. The van der Waals surface area contributed by atoms with Gasteiger partial charge in [0.15, 0.2) is 5.78 Å². The van der Waals surface area contributed by atoms with Gasteiger partial charge in [0.2, 0.25) is 11.8 Å². The van der Waals surface area contributed by atoms with Crippen LogP contribution in [-0.2, 0) is 65.3 Å². The van der Waals surface area contributed by atoms with Crippen LogP contribution in [-0.4, -0.2) is 128 Å². The van der Waals surface area contributed by atoms with E-state index in [1.165, 1.54) is 31.3 Å². The molecule has 0 aromatic heterocycles. The van der Waals surface area contributed by atoms with Crippen molar-refractivity contribution in [3.8, 4) is 5.75 Å². The molecule has 22 heteroatoms. The fourth-order valence-corrected chi connectivity index (χ4v) is 11.6. The first-order valence-corrected chi connectivity index (χ1v) is 29.9. The van der Waals surface area contributed by atoms with Crippen LogP contribution in [0.3, 0.4) is 0 Å².